The van der Waals surface area contributed by atoms with Gasteiger partial charge in [-0.2, -0.15) is 0 Å². The van der Waals surface area contributed by atoms with Crippen LogP contribution in [0.2, 0.25) is 0 Å². The maximum Gasteiger partial charge on any atom is 0.322 e. The predicted octanol–water partition coefficient (Wildman–Crippen LogP) is 2.62. The number of hydrogen-bond acceptors (Lipinski definition) is 5. The number of fused-ring (bicyclic) bond motifs is 1. The van der Waals surface area contributed by atoms with Crippen molar-refractivity contribution in [1.82, 2.24) is 10.3 Å². The number of rotatable bonds is 4. The summed E-state index contributed by atoms with van der Waals surface area (Å²) in [6.45, 7) is -0.567. The Morgan fingerprint density at radius 3 is 2.62 bits per heavy atom. The molecule has 3 rings (SSSR count). The van der Waals surface area contributed by atoms with Crippen LogP contribution in [0.5, 0.6) is 5.75 Å². The lowest BCUT2D eigenvalue weighted by atomic mass is 10.1. The Bertz CT molecular complexity index is 937. The van der Waals surface area contributed by atoms with E-state index in [2.05, 4.69) is 10.3 Å². The standard InChI is InChI=1S/C16H11FN2O4S/c17-9-3-1-8(2-4-9)11-5-10-12(24-11)6-18-14(15(10)22)16(23)19-7-13(20)21/h1-6,22H,7H2,(H,19,23)(H,20,21). The van der Waals surface area contributed by atoms with Gasteiger partial charge in [-0.1, -0.05) is 12.1 Å². The van der Waals surface area contributed by atoms with Crippen molar-refractivity contribution in [2.24, 2.45) is 0 Å². The Labute approximate surface area is 139 Å². The normalized spacial score (nSPS) is 10.7. The maximum atomic E-state index is 13.0. The van der Waals surface area contributed by atoms with Gasteiger partial charge in [0.05, 0.1) is 4.70 Å². The quantitative estimate of drug-likeness (QED) is 0.674. The van der Waals surface area contributed by atoms with Gasteiger partial charge in [-0.15, -0.1) is 11.3 Å². The zero-order valence-electron chi connectivity index (χ0n) is 12.1. The number of aromatic nitrogens is 1. The number of carbonyl (C=O) groups excluding carboxylic acids is 1. The van der Waals surface area contributed by atoms with Gasteiger partial charge in [-0.05, 0) is 23.8 Å². The summed E-state index contributed by atoms with van der Waals surface area (Å²) in [6, 6.07) is 7.58. The van der Waals surface area contributed by atoms with Crippen LogP contribution in [0.1, 0.15) is 10.5 Å². The fraction of sp³-hybridized carbons (Fsp3) is 0.0625. The minimum absolute atomic E-state index is 0.243. The van der Waals surface area contributed by atoms with Crippen LogP contribution in [0, 0.1) is 5.82 Å². The third-order valence-corrected chi connectivity index (χ3v) is 4.41. The Hall–Kier alpha value is -3.00. The molecule has 0 saturated carbocycles. The molecule has 0 atom stereocenters. The number of halogens is 1. The molecule has 0 bridgehead atoms. The summed E-state index contributed by atoms with van der Waals surface area (Å²) in [7, 11) is 0. The molecule has 1 amide bonds. The summed E-state index contributed by atoms with van der Waals surface area (Å²) < 4.78 is 13.7. The molecule has 0 aliphatic heterocycles. The summed E-state index contributed by atoms with van der Waals surface area (Å²) in [5, 5.41) is 21.4. The number of carboxylic acids is 1. The van der Waals surface area contributed by atoms with Crippen molar-refractivity contribution in [2.75, 3.05) is 6.54 Å². The first-order chi connectivity index (χ1) is 11.5. The van der Waals surface area contributed by atoms with Gasteiger partial charge in [0.15, 0.2) is 11.4 Å². The maximum absolute atomic E-state index is 13.0. The fourth-order valence-corrected chi connectivity index (χ4v) is 3.20. The van der Waals surface area contributed by atoms with Crippen molar-refractivity contribution in [3.8, 4) is 16.2 Å². The number of pyridine rings is 1. The fourth-order valence-electron chi connectivity index (χ4n) is 2.16. The molecule has 3 N–H and O–H groups in total. The van der Waals surface area contributed by atoms with E-state index in [9.17, 15) is 19.1 Å². The molecule has 2 aromatic heterocycles. The molecule has 0 aliphatic rings. The second-order valence-corrected chi connectivity index (χ2v) is 6.01. The van der Waals surface area contributed by atoms with E-state index in [1.165, 1.54) is 29.7 Å². The summed E-state index contributed by atoms with van der Waals surface area (Å²) in [5.74, 6) is -2.63. The molecule has 0 fully saturated rings. The summed E-state index contributed by atoms with van der Waals surface area (Å²) >= 11 is 1.34. The zero-order valence-corrected chi connectivity index (χ0v) is 12.9. The van der Waals surface area contributed by atoms with E-state index in [0.29, 0.717) is 10.1 Å². The topological polar surface area (TPSA) is 99.5 Å². The molecular formula is C16H11FN2O4S. The molecule has 1 aromatic carbocycles. The minimum Gasteiger partial charge on any atom is -0.505 e. The number of hydrogen-bond donors (Lipinski definition) is 3. The molecule has 0 aliphatic carbocycles. The average molecular weight is 346 g/mol. The molecule has 24 heavy (non-hydrogen) atoms. The second kappa shape index (κ2) is 6.25. The summed E-state index contributed by atoms with van der Waals surface area (Å²) in [5.41, 5.74) is 0.529. The lowest BCUT2D eigenvalue weighted by molar-refractivity contribution is -0.135. The molecule has 3 aromatic rings. The lowest BCUT2D eigenvalue weighted by Gasteiger charge is -2.04. The number of carboxylic acid groups (broad SMARTS) is 1. The van der Waals surface area contributed by atoms with Gasteiger partial charge in [-0.25, -0.2) is 9.37 Å². The summed E-state index contributed by atoms with van der Waals surface area (Å²) in [6.07, 6.45) is 1.43. The van der Waals surface area contributed by atoms with Crippen LogP contribution in [0.25, 0.3) is 20.5 Å². The molecule has 0 radical (unpaired) electrons. The van der Waals surface area contributed by atoms with Gasteiger partial charge in [0, 0.05) is 16.5 Å². The molecule has 8 heteroatoms. The van der Waals surface area contributed by atoms with E-state index < -0.39 is 18.4 Å². The van der Waals surface area contributed by atoms with Gasteiger partial charge in [0.1, 0.15) is 12.4 Å². The van der Waals surface area contributed by atoms with Crippen LogP contribution in [-0.2, 0) is 4.79 Å². The van der Waals surface area contributed by atoms with Crippen LogP contribution < -0.4 is 5.32 Å². The number of nitrogens with zero attached hydrogens (tertiary/aromatic N) is 1. The van der Waals surface area contributed by atoms with Gasteiger partial charge < -0.3 is 15.5 Å². The van der Waals surface area contributed by atoms with Gasteiger partial charge in [-0.3, -0.25) is 9.59 Å². The third-order valence-electron chi connectivity index (χ3n) is 3.30. The van der Waals surface area contributed by atoms with E-state index in [0.717, 1.165) is 10.4 Å². The van der Waals surface area contributed by atoms with Gasteiger partial charge >= 0.3 is 5.97 Å². The van der Waals surface area contributed by atoms with Crippen molar-refractivity contribution in [3.63, 3.8) is 0 Å². The number of benzene rings is 1. The number of aliphatic carboxylic acids is 1. The minimum atomic E-state index is -1.20. The second-order valence-electron chi connectivity index (χ2n) is 4.93. The van der Waals surface area contributed by atoms with E-state index in [1.807, 2.05) is 0 Å². The number of aromatic hydroxyl groups is 1. The molecule has 0 unspecified atom stereocenters. The Morgan fingerprint density at radius 2 is 1.96 bits per heavy atom. The lowest BCUT2D eigenvalue weighted by Crippen LogP contribution is -2.29. The van der Waals surface area contributed by atoms with Crippen LogP contribution >= 0.6 is 11.3 Å². The van der Waals surface area contributed by atoms with Crippen LogP contribution in [0.4, 0.5) is 4.39 Å². The monoisotopic (exact) mass is 346 g/mol. The van der Waals surface area contributed by atoms with E-state index in [1.54, 1.807) is 18.2 Å². The highest BCUT2D eigenvalue weighted by Gasteiger charge is 2.18. The van der Waals surface area contributed by atoms with Crippen molar-refractivity contribution >= 4 is 33.3 Å². The first kappa shape index (κ1) is 15.9. The number of thiophene rings is 1. The zero-order chi connectivity index (χ0) is 17.3. The van der Waals surface area contributed by atoms with Crippen LogP contribution in [-0.4, -0.2) is 33.6 Å². The van der Waals surface area contributed by atoms with E-state index in [4.69, 9.17) is 5.11 Å². The molecule has 6 nitrogen and oxygen atoms in total. The van der Waals surface area contributed by atoms with Crippen LogP contribution in [0.15, 0.2) is 36.5 Å². The molecule has 0 saturated heterocycles. The van der Waals surface area contributed by atoms with Crippen LogP contribution in [0.3, 0.4) is 0 Å². The molecular weight excluding hydrogens is 335 g/mol. The number of nitrogens with one attached hydrogen (secondary N) is 1. The first-order valence-corrected chi connectivity index (χ1v) is 7.65. The Balaban J connectivity index is 1.98. The van der Waals surface area contributed by atoms with Crippen molar-refractivity contribution < 1.29 is 24.2 Å². The molecule has 0 spiro atoms. The first-order valence-electron chi connectivity index (χ1n) is 6.83. The van der Waals surface area contributed by atoms with E-state index in [-0.39, 0.29) is 17.3 Å². The predicted molar refractivity (Wildman–Crippen MR) is 86.6 cm³/mol. The third kappa shape index (κ3) is 3.04. The van der Waals surface area contributed by atoms with E-state index >= 15 is 0 Å². The highest BCUT2D eigenvalue weighted by Crippen LogP contribution is 2.38. The van der Waals surface area contributed by atoms with Gasteiger partial charge in [0.2, 0.25) is 0 Å². The van der Waals surface area contributed by atoms with Gasteiger partial charge in [0.25, 0.3) is 5.91 Å². The highest BCUT2D eigenvalue weighted by molar-refractivity contribution is 7.22. The largest absolute Gasteiger partial charge is 0.505 e. The van der Waals surface area contributed by atoms with Crippen molar-refractivity contribution in [2.45, 2.75) is 0 Å². The SMILES string of the molecule is O=C(O)CNC(=O)c1ncc2sc(-c3ccc(F)cc3)cc2c1O. The van der Waals surface area contributed by atoms with Crippen molar-refractivity contribution in [3.05, 3.63) is 48.0 Å². The average Bonchev–Trinajstić information content (AvgIpc) is 2.98. The molecule has 2 heterocycles. The smallest absolute Gasteiger partial charge is 0.322 e. The molecule has 122 valence electrons. The Kier molecular flexibility index (Phi) is 4.13. The Morgan fingerprint density at radius 1 is 1.25 bits per heavy atom. The number of amides is 1. The summed E-state index contributed by atoms with van der Waals surface area (Å²) in [4.78, 5) is 27.1. The highest BCUT2D eigenvalue weighted by atomic mass is 32.1. The van der Waals surface area contributed by atoms with Crippen molar-refractivity contribution in [1.29, 1.82) is 0 Å². The number of carbonyl (C=O) groups is 2.